The number of nitrogens with zero attached hydrogens (tertiary/aromatic N) is 3. The Balaban J connectivity index is 0.853. The van der Waals surface area contributed by atoms with Crippen LogP contribution in [-0.4, -0.2) is 104 Å². The number of aliphatic hydroxyl groups is 2. The predicted octanol–water partition coefficient (Wildman–Crippen LogP) is 5.04. The molecule has 0 spiro atoms. The standard InChI is InChI=1S/C46H61N7O8S/c1-28-39(62-27-49-28)30-16-14-29(15-17-30)25-48-41(57)36-24-32(54)26-52(36)45(61)40(46(2,3)4)50-37(55)13-11-9-7-5-6-8-10-12-22-47-31-18-19-33-34(23-31)44(60)53(43(33)59)35-20-21-38(56)51-42(35)58/h14-19,23,27,32,35-36,40-41,47-48,54,57H,5-13,20-22,24-26H2,1-4H3,(H,50,55)(H,51,56,58)/t32-,35?,36+,40-,41?/m1/s1. The van der Waals surface area contributed by atoms with Crippen LogP contribution in [-0.2, 0) is 25.7 Å². The van der Waals surface area contributed by atoms with E-state index in [1.54, 1.807) is 29.5 Å². The molecule has 2 aromatic carbocycles. The quantitative estimate of drug-likeness (QED) is 0.0503. The van der Waals surface area contributed by atoms with Crippen molar-refractivity contribution >= 4 is 52.5 Å². The van der Waals surface area contributed by atoms with Gasteiger partial charge in [-0.1, -0.05) is 83.6 Å². The Morgan fingerprint density at radius 3 is 2.27 bits per heavy atom. The van der Waals surface area contributed by atoms with Crippen LogP contribution >= 0.6 is 11.3 Å². The molecule has 0 saturated carbocycles. The largest absolute Gasteiger partial charge is 0.391 e. The summed E-state index contributed by atoms with van der Waals surface area (Å²) in [5.74, 6) is -2.59. The lowest BCUT2D eigenvalue weighted by Crippen LogP contribution is -2.58. The third-order valence-corrected chi connectivity index (χ3v) is 12.9. The topological polar surface area (TPSA) is 210 Å². The zero-order chi connectivity index (χ0) is 44.6. The third-order valence-electron chi connectivity index (χ3n) is 12.0. The smallest absolute Gasteiger partial charge is 0.262 e. The molecule has 6 N–H and O–H groups in total. The number of aromatic nitrogens is 1. The van der Waals surface area contributed by atoms with Gasteiger partial charge in [-0.2, -0.15) is 0 Å². The SMILES string of the molecule is Cc1ncsc1-c1ccc(CNC(O)[C@@H]2C[C@@H](O)CN2C(=O)[C@@H](NC(=O)CCCCCCCCCCNc2ccc3c(c2)C(=O)N(C2CCC(=O)NC2=O)C3=O)C(C)(C)C)cc1. The number of β-amino-alcohol motifs (C(OH)–C–C–N with tert-alkyl or cyclic N) is 1. The van der Waals surface area contributed by atoms with Crippen LogP contribution in [0.1, 0.15) is 130 Å². The fourth-order valence-electron chi connectivity index (χ4n) is 8.44. The number of amides is 6. The minimum atomic E-state index is -1.08. The molecule has 16 heteroatoms. The number of unbranched alkanes of at least 4 members (excludes halogenated alkanes) is 7. The molecule has 334 valence electrons. The Morgan fingerprint density at radius 1 is 0.935 bits per heavy atom. The van der Waals surface area contributed by atoms with E-state index in [1.807, 2.05) is 57.5 Å². The molecule has 5 atom stereocenters. The fraction of sp³-hybridized carbons (Fsp3) is 0.543. The highest BCUT2D eigenvalue weighted by molar-refractivity contribution is 7.13. The van der Waals surface area contributed by atoms with E-state index < -0.39 is 59.5 Å². The number of anilines is 1. The summed E-state index contributed by atoms with van der Waals surface area (Å²) in [6.07, 6.45) is 6.61. The molecule has 4 heterocycles. The molecule has 3 aromatic rings. The number of benzene rings is 2. The zero-order valence-corrected chi connectivity index (χ0v) is 37.0. The van der Waals surface area contributed by atoms with E-state index in [9.17, 15) is 39.0 Å². The Hall–Kier alpha value is -5.03. The normalized spacial score (nSPS) is 20.0. The Bertz CT molecular complexity index is 2100. The summed E-state index contributed by atoms with van der Waals surface area (Å²) in [4.78, 5) is 85.0. The number of carbonyl (C=O) groups excluding carboxylic acids is 6. The van der Waals surface area contributed by atoms with Crippen molar-refractivity contribution in [1.82, 2.24) is 30.7 Å². The van der Waals surface area contributed by atoms with E-state index in [4.69, 9.17) is 0 Å². The molecule has 3 aliphatic rings. The Labute approximate surface area is 367 Å². The number of piperidine rings is 1. The summed E-state index contributed by atoms with van der Waals surface area (Å²) < 4.78 is 0. The van der Waals surface area contributed by atoms with Gasteiger partial charge in [-0.05, 0) is 67.3 Å². The van der Waals surface area contributed by atoms with E-state index >= 15 is 0 Å². The molecule has 0 bridgehead atoms. The van der Waals surface area contributed by atoms with Gasteiger partial charge in [0, 0.05) is 38.2 Å². The van der Waals surface area contributed by atoms with E-state index in [-0.39, 0.29) is 48.7 Å². The van der Waals surface area contributed by atoms with Crippen LogP contribution in [0.15, 0.2) is 48.0 Å². The zero-order valence-electron chi connectivity index (χ0n) is 36.2. The van der Waals surface area contributed by atoms with Crippen LogP contribution in [0.2, 0.25) is 0 Å². The van der Waals surface area contributed by atoms with Crippen molar-refractivity contribution in [1.29, 1.82) is 0 Å². The Morgan fingerprint density at radius 2 is 1.61 bits per heavy atom. The summed E-state index contributed by atoms with van der Waals surface area (Å²) in [5.41, 5.74) is 5.49. The highest BCUT2D eigenvalue weighted by Gasteiger charge is 2.46. The summed E-state index contributed by atoms with van der Waals surface area (Å²) in [6.45, 7) is 8.84. The summed E-state index contributed by atoms with van der Waals surface area (Å²) in [7, 11) is 0. The molecule has 3 aliphatic heterocycles. The number of rotatable bonds is 20. The van der Waals surface area contributed by atoms with Crippen molar-refractivity contribution in [3.05, 3.63) is 70.4 Å². The van der Waals surface area contributed by atoms with E-state index in [0.29, 0.717) is 25.9 Å². The number of likely N-dealkylation sites (tertiary alicyclic amines) is 1. The van der Waals surface area contributed by atoms with Crippen molar-refractivity contribution in [2.45, 2.75) is 142 Å². The molecule has 0 aliphatic carbocycles. The van der Waals surface area contributed by atoms with Gasteiger partial charge < -0.3 is 25.7 Å². The van der Waals surface area contributed by atoms with Gasteiger partial charge in [0.2, 0.25) is 23.6 Å². The molecule has 15 nitrogen and oxygen atoms in total. The molecule has 6 amide bonds. The average Bonchev–Trinajstić information content (AvgIpc) is 3.92. The number of carbonyl (C=O) groups is 6. The van der Waals surface area contributed by atoms with E-state index in [0.717, 1.165) is 77.2 Å². The lowest BCUT2D eigenvalue weighted by molar-refractivity contribution is -0.142. The predicted molar refractivity (Wildman–Crippen MR) is 236 cm³/mol. The van der Waals surface area contributed by atoms with Gasteiger partial charge in [0.05, 0.1) is 39.4 Å². The number of imide groups is 2. The second-order valence-corrected chi connectivity index (χ2v) is 18.7. The number of nitrogens with one attached hydrogen (secondary N) is 4. The van der Waals surface area contributed by atoms with Crippen LogP contribution < -0.4 is 21.3 Å². The van der Waals surface area contributed by atoms with Crippen LogP contribution in [0.3, 0.4) is 0 Å². The second-order valence-electron chi connectivity index (χ2n) is 17.8. The van der Waals surface area contributed by atoms with Gasteiger partial charge in [0.1, 0.15) is 18.3 Å². The lowest BCUT2D eigenvalue weighted by Gasteiger charge is -2.37. The number of fused-ring (bicyclic) bond motifs is 1. The highest BCUT2D eigenvalue weighted by Crippen LogP contribution is 2.31. The van der Waals surface area contributed by atoms with Crippen LogP contribution in [0.25, 0.3) is 10.4 Å². The summed E-state index contributed by atoms with van der Waals surface area (Å²) in [5, 5.41) is 33.4. The first-order valence-corrected chi connectivity index (χ1v) is 22.8. The van der Waals surface area contributed by atoms with Gasteiger partial charge >= 0.3 is 0 Å². The first-order valence-electron chi connectivity index (χ1n) is 21.9. The van der Waals surface area contributed by atoms with Crippen molar-refractivity contribution in [3.63, 3.8) is 0 Å². The molecular formula is C46H61N7O8S. The van der Waals surface area contributed by atoms with Crippen LogP contribution in [0.5, 0.6) is 0 Å². The number of aryl methyl sites for hydroxylation is 1. The maximum atomic E-state index is 14.0. The monoisotopic (exact) mass is 871 g/mol. The molecule has 1 aromatic heterocycles. The first kappa shape index (κ1) is 46.5. The van der Waals surface area contributed by atoms with Gasteiger partial charge in [-0.25, -0.2) is 4.98 Å². The third kappa shape index (κ3) is 11.5. The van der Waals surface area contributed by atoms with E-state index in [2.05, 4.69) is 26.3 Å². The maximum absolute atomic E-state index is 14.0. The summed E-state index contributed by atoms with van der Waals surface area (Å²) in [6, 6.07) is 10.6. The van der Waals surface area contributed by atoms with Crippen LogP contribution in [0, 0.1) is 12.3 Å². The molecule has 62 heavy (non-hydrogen) atoms. The molecular weight excluding hydrogens is 811 g/mol. The highest BCUT2D eigenvalue weighted by atomic mass is 32.1. The molecule has 2 unspecified atom stereocenters. The van der Waals surface area contributed by atoms with Crippen molar-refractivity contribution < 1.29 is 39.0 Å². The van der Waals surface area contributed by atoms with Gasteiger partial charge in [0.15, 0.2) is 0 Å². The van der Waals surface area contributed by atoms with E-state index in [1.165, 1.54) is 4.90 Å². The molecule has 6 rings (SSSR count). The number of thiazole rings is 1. The second kappa shape index (κ2) is 20.9. The van der Waals surface area contributed by atoms with Gasteiger partial charge in [-0.15, -0.1) is 11.3 Å². The van der Waals surface area contributed by atoms with Crippen molar-refractivity contribution in [3.8, 4) is 10.4 Å². The van der Waals surface area contributed by atoms with Crippen molar-refractivity contribution in [2.24, 2.45) is 5.41 Å². The summed E-state index contributed by atoms with van der Waals surface area (Å²) >= 11 is 1.59. The average molecular weight is 872 g/mol. The number of hydrogen-bond donors (Lipinski definition) is 6. The van der Waals surface area contributed by atoms with Crippen molar-refractivity contribution in [2.75, 3.05) is 18.4 Å². The molecule has 0 radical (unpaired) electrons. The Kier molecular flexibility index (Phi) is 15.7. The lowest BCUT2D eigenvalue weighted by atomic mass is 9.85. The first-order chi connectivity index (χ1) is 29.6. The minimum absolute atomic E-state index is 0.0759. The fourth-order valence-corrected chi connectivity index (χ4v) is 9.25. The number of hydrogen-bond acceptors (Lipinski definition) is 12. The minimum Gasteiger partial charge on any atom is -0.391 e. The molecule has 2 fully saturated rings. The van der Waals surface area contributed by atoms with Crippen LogP contribution in [0.4, 0.5) is 5.69 Å². The van der Waals surface area contributed by atoms with Gasteiger partial charge in [-0.3, -0.25) is 44.3 Å². The molecule has 2 saturated heterocycles. The number of aliphatic hydroxyl groups excluding tert-OH is 2. The van der Waals surface area contributed by atoms with Gasteiger partial charge in [0.25, 0.3) is 11.8 Å². The maximum Gasteiger partial charge on any atom is 0.262 e.